The smallest absolute Gasteiger partial charge is 0.119 e. The number of halogens is 1. The highest BCUT2D eigenvalue weighted by Gasteiger charge is 2.51. The minimum absolute atomic E-state index is 0. The van der Waals surface area contributed by atoms with E-state index < -0.39 is 6.10 Å². The Kier molecular flexibility index (Phi) is 7.31. The summed E-state index contributed by atoms with van der Waals surface area (Å²) in [6, 6.07) is 16.0. The van der Waals surface area contributed by atoms with Gasteiger partial charge in [-0.1, -0.05) is 18.2 Å². The van der Waals surface area contributed by atoms with Crippen molar-refractivity contribution in [2.24, 2.45) is 11.8 Å². The van der Waals surface area contributed by atoms with Gasteiger partial charge < -0.3 is 19.1 Å². The number of hydrogen-bond acceptors (Lipinski definition) is 4. The highest BCUT2D eigenvalue weighted by atomic mass is 79.9. The molecule has 0 aliphatic carbocycles. The fourth-order valence-electron chi connectivity index (χ4n) is 6.23. The number of methoxy groups -OCH3 is 2. The molecule has 4 heterocycles. The predicted molar refractivity (Wildman–Crippen MR) is 138 cm³/mol. The number of hydrogen-bond donors (Lipinski definition) is 0. The number of aromatic nitrogens is 1. The van der Waals surface area contributed by atoms with Gasteiger partial charge in [-0.15, -0.1) is 23.6 Å². The molecule has 3 aliphatic heterocycles. The van der Waals surface area contributed by atoms with Gasteiger partial charge in [0.05, 0.1) is 38.9 Å². The molecule has 3 fully saturated rings. The lowest BCUT2D eigenvalue weighted by Gasteiger charge is -2.60. The summed E-state index contributed by atoms with van der Waals surface area (Å²) in [6.07, 6.45) is 5.13. The summed E-state index contributed by atoms with van der Waals surface area (Å²) >= 11 is 0. The van der Waals surface area contributed by atoms with Crippen LogP contribution < -0.4 is 14.6 Å². The van der Waals surface area contributed by atoms with Crippen LogP contribution in [0.3, 0.4) is 0 Å². The molecule has 0 spiro atoms. The minimum atomic E-state index is -0.832. The Balaban J connectivity index is 0.00000274. The van der Waals surface area contributed by atoms with E-state index in [2.05, 4.69) is 29.8 Å². The van der Waals surface area contributed by atoms with Crippen LogP contribution in [0.15, 0.2) is 67.4 Å². The molecule has 6 heteroatoms. The predicted octanol–water partition coefficient (Wildman–Crippen LogP) is 4.84. The normalized spacial score (nSPS) is 26.5. The molecule has 0 amide bonds. The first-order chi connectivity index (χ1) is 16.1. The number of benzene rings is 2. The lowest BCUT2D eigenvalue weighted by molar-refractivity contribution is -0.990. The van der Waals surface area contributed by atoms with Gasteiger partial charge in [0.25, 0.3) is 0 Å². The van der Waals surface area contributed by atoms with E-state index in [-0.39, 0.29) is 23.0 Å². The summed E-state index contributed by atoms with van der Waals surface area (Å²) in [4.78, 5) is 4.50. The van der Waals surface area contributed by atoms with Crippen molar-refractivity contribution in [3.8, 4) is 11.5 Å². The van der Waals surface area contributed by atoms with Crippen LogP contribution in [-0.4, -0.2) is 42.8 Å². The quantitative estimate of drug-likeness (QED) is 0.327. The van der Waals surface area contributed by atoms with Crippen molar-refractivity contribution in [2.75, 3.05) is 27.3 Å². The number of piperidine rings is 3. The summed E-state index contributed by atoms with van der Waals surface area (Å²) in [5.74, 6) is 2.61. The Morgan fingerprint density at radius 2 is 1.94 bits per heavy atom. The molecule has 3 aliphatic rings. The van der Waals surface area contributed by atoms with Crippen molar-refractivity contribution in [1.82, 2.24) is 4.98 Å². The van der Waals surface area contributed by atoms with Crippen LogP contribution in [0.4, 0.5) is 0 Å². The molecule has 5 nitrogen and oxygen atoms in total. The highest BCUT2D eigenvalue weighted by Crippen LogP contribution is 2.47. The second kappa shape index (κ2) is 10.1. The molecule has 3 saturated heterocycles. The van der Waals surface area contributed by atoms with E-state index in [4.69, 9.17) is 9.47 Å². The lowest BCUT2D eigenvalue weighted by Crippen LogP contribution is -2.68. The first-order valence-electron chi connectivity index (χ1n) is 11.8. The number of pyridine rings is 1. The van der Waals surface area contributed by atoms with Gasteiger partial charge in [-0.25, -0.2) is 0 Å². The fourth-order valence-corrected chi connectivity index (χ4v) is 6.23. The first kappa shape index (κ1) is 24.7. The molecule has 5 atom stereocenters. The van der Waals surface area contributed by atoms with Crippen LogP contribution in [0.5, 0.6) is 11.5 Å². The van der Waals surface area contributed by atoms with Crippen LogP contribution >= 0.6 is 17.0 Å². The van der Waals surface area contributed by atoms with E-state index in [9.17, 15) is 5.11 Å². The first-order valence-corrected chi connectivity index (χ1v) is 11.8. The monoisotopic (exact) mass is 524 g/mol. The summed E-state index contributed by atoms with van der Waals surface area (Å²) in [7, 11) is 3.35. The summed E-state index contributed by atoms with van der Waals surface area (Å²) in [6.45, 7) is 6.97. The van der Waals surface area contributed by atoms with Crippen LogP contribution in [0.2, 0.25) is 0 Å². The second-order valence-corrected chi connectivity index (χ2v) is 9.59. The van der Waals surface area contributed by atoms with Gasteiger partial charge in [-0.3, -0.25) is 4.98 Å². The third-order valence-corrected chi connectivity index (χ3v) is 7.95. The van der Waals surface area contributed by atoms with E-state index in [1.807, 2.05) is 36.4 Å². The van der Waals surface area contributed by atoms with Crippen molar-refractivity contribution in [2.45, 2.75) is 31.5 Å². The molecule has 4 unspecified atom stereocenters. The lowest BCUT2D eigenvalue weighted by atomic mass is 9.71. The molecule has 2 bridgehead atoms. The van der Waals surface area contributed by atoms with E-state index in [1.54, 1.807) is 20.4 Å². The number of quaternary nitrogens is 1. The number of ether oxygens (including phenoxy) is 2. The zero-order valence-corrected chi connectivity index (χ0v) is 21.6. The van der Waals surface area contributed by atoms with Gasteiger partial charge in [-0.05, 0) is 54.0 Å². The van der Waals surface area contributed by atoms with Gasteiger partial charge >= 0.3 is 0 Å². The summed E-state index contributed by atoms with van der Waals surface area (Å²) in [5, 5.41) is 15.2. The van der Waals surface area contributed by atoms with Crippen molar-refractivity contribution in [3.05, 3.63) is 78.5 Å². The maximum Gasteiger partial charge on any atom is 0.119 e. The van der Waals surface area contributed by atoms with Gasteiger partial charge in [-0.2, -0.15) is 0 Å². The minimum Gasteiger partial charge on any atom is -0.844 e. The van der Waals surface area contributed by atoms with Crippen LogP contribution in [0, 0.1) is 11.8 Å². The van der Waals surface area contributed by atoms with Gasteiger partial charge in [0, 0.05) is 35.9 Å². The molecule has 0 saturated carbocycles. The Labute approximate surface area is 212 Å². The zero-order chi connectivity index (χ0) is 23.0. The molecule has 1 aromatic heterocycles. The SMILES string of the molecule is Br.C=CC1C[N+]2(Cc3cccc(OC)c3)CCC1CC2[C@H]([O-])c1ccnc2ccc(OC)cc12. The Hall–Kier alpha value is -2.41. The average molecular weight is 525 g/mol. The zero-order valence-electron chi connectivity index (χ0n) is 19.9. The molecule has 3 aromatic rings. The van der Waals surface area contributed by atoms with E-state index in [0.717, 1.165) is 64.9 Å². The Morgan fingerprint density at radius 3 is 2.71 bits per heavy atom. The van der Waals surface area contributed by atoms with Crippen LogP contribution in [0.1, 0.15) is 30.1 Å². The molecular weight excluding hydrogens is 492 g/mol. The standard InChI is InChI=1S/C28H32N2O3.BrH/c1-4-20-18-30(17-19-6-5-7-22(14-19)32-2)13-11-21(20)15-27(30)28(31)24-10-12-29-26-9-8-23(33-3)16-25(24)26;/h4-10,12,14,16,20-21,27-28H,1,11,13,15,17-18H2,2-3H3;1H/t20?,21?,27?,28-,30?;/m1./s1. The molecule has 0 radical (unpaired) electrons. The summed E-state index contributed by atoms with van der Waals surface area (Å²) in [5.41, 5.74) is 2.89. The summed E-state index contributed by atoms with van der Waals surface area (Å²) < 4.78 is 11.7. The van der Waals surface area contributed by atoms with Crippen molar-refractivity contribution >= 4 is 27.9 Å². The molecule has 2 aromatic carbocycles. The van der Waals surface area contributed by atoms with Crippen LogP contribution in [0.25, 0.3) is 10.9 Å². The van der Waals surface area contributed by atoms with Gasteiger partial charge in [0.2, 0.25) is 0 Å². The largest absolute Gasteiger partial charge is 0.844 e. The van der Waals surface area contributed by atoms with Crippen molar-refractivity contribution < 1.29 is 19.1 Å². The Morgan fingerprint density at radius 1 is 1.15 bits per heavy atom. The number of fused-ring (bicyclic) bond motifs is 4. The molecule has 6 rings (SSSR count). The topological polar surface area (TPSA) is 54.4 Å². The fraction of sp³-hybridized carbons (Fsp3) is 0.393. The second-order valence-electron chi connectivity index (χ2n) is 9.59. The molecular formula is C28H33BrN2O3. The third kappa shape index (κ3) is 4.35. The van der Waals surface area contributed by atoms with Gasteiger partial charge in [0.1, 0.15) is 18.0 Å². The maximum absolute atomic E-state index is 14.3. The van der Waals surface area contributed by atoms with E-state index >= 15 is 0 Å². The van der Waals surface area contributed by atoms with Crippen LogP contribution in [-0.2, 0) is 6.54 Å². The number of nitrogens with zero attached hydrogens (tertiary/aromatic N) is 2. The van der Waals surface area contributed by atoms with E-state index in [0.29, 0.717) is 11.8 Å². The van der Waals surface area contributed by atoms with Crippen molar-refractivity contribution in [3.63, 3.8) is 0 Å². The number of rotatable bonds is 7. The van der Waals surface area contributed by atoms with Gasteiger partial charge in [0.15, 0.2) is 0 Å². The Bertz CT molecular complexity index is 1170. The molecule has 180 valence electrons. The molecule has 34 heavy (non-hydrogen) atoms. The molecule has 0 N–H and O–H groups in total. The third-order valence-electron chi connectivity index (χ3n) is 7.95. The average Bonchev–Trinajstić information content (AvgIpc) is 2.87. The highest BCUT2D eigenvalue weighted by molar-refractivity contribution is 8.93. The van der Waals surface area contributed by atoms with Crippen molar-refractivity contribution in [1.29, 1.82) is 0 Å². The maximum atomic E-state index is 14.3. The van der Waals surface area contributed by atoms with E-state index in [1.165, 1.54) is 5.56 Å².